The van der Waals surface area contributed by atoms with Crippen molar-refractivity contribution in [3.05, 3.63) is 58.6 Å². The number of aryl methyl sites for hydroxylation is 1. The third-order valence-electron chi connectivity index (χ3n) is 4.06. The Bertz CT molecular complexity index is 614. The molecule has 110 valence electrons. The molecule has 0 saturated heterocycles. The van der Waals surface area contributed by atoms with Crippen LogP contribution in [0.5, 0.6) is 5.75 Å². The maximum atomic E-state index is 5.88. The summed E-state index contributed by atoms with van der Waals surface area (Å²) >= 11 is 3.47. The summed E-state index contributed by atoms with van der Waals surface area (Å²) in [6.45, 7) is 3.93. The van der Waals surface area contributed by atoms with Crippen LogP contribution in [0.15, 0.2) is 53.0 Å². The minimum Gasteiger partial charge on any atom is -0.492 e. The normalized spacial score (nSPS) is 17.4. The lowest BCUT2D eigenvalue weighted by atomic mass is 9.97. The average molecular weight is 346 g/mol. The molecule has 0 radical (unpaired) electrons. The number of hydrogen-bond acceptors (Lipinski definition) is 2. The van der Waals surface area contributed by atoms with Crippen LogP contribution >= 0.6 is 15.9 Å². The molecule has 3 rings (SSSR count). The zero-order valence-electron chi connectivity index (χ0n) is 12.3. The molecule has 2 aromatic rings. The van der Waals surface area contributed by atoms with Crippen LogP contribution in [-0.4, -0.2) is 19.2 Å². The predicted molar refractivity (Wildman–Crippen MR) is 91.2 cm³/mol. The fraction of sp³-hybridized carbons (Fsp3) is 0.333. The Balaban J connectivity index is 1.65. The molecule has 0 aliphatic carbocycles. The number of ether oxygens (including phenoxy) is 1. The maximum Gasteiger partial charge on any atom is 0.120 e. The lowest BCUT2D eigenvalue weighted by Gasteiger charge is -2.37. The van der Waals surface area contributed by atoms with Gasteiger partial charge in [-0.2, -0.15) is 0 Å². The van der Waals surface area contributed by atoms with Gasteiger partial charge in [0.2, 0.25) is 0 Å². The highest BCUT2D eigenvalue weighted by atomic mass is 79.9. The van der Waals surface area contributed by atoms with Crippen LogP contribution in [0.1, 0.15) is 18.9 Å². The van der Waals surface area contributed by atoms with Crippen molar-refractivity contribution in [3.63, 3.8) is 0 Å². The molecule has 1 atom stereocenters. The summed E-state index contributed by atoms with van der Waals surface area (Å²) in [7, 11) is 0. The number of anilines is 1. The Labute approximate surface area is 134 Å². The molecule has 0 spiro atoms. The first-order valence-corrected chi connectivity index (χ1v) is 8.26. The van der Waals surface area contributed by atoms with Crippen molar-refractivity contribution in [2.75, 3.05) is 18.1 Å². The van der Waals surface area contributed by atoms with E-state index >= 15 is 0 Å². The molecule has 0 bridgehead atoms. The van der Waals surface area contributed by atoms with E-state index < -0.39 is 0 Å². The molecule has 0 fully saturated rings. The second kappa shape index (κ2) is 6.52. The SMILES string of the molecule is CC1CCc2ccccc2N1CCOc1cccc(Br)c1. The highest BCUT2D eigenvalue weighted by Crippen LogP contribution is 2.30. The Morgan fingerprint density at radius 2 is 2.05 bits per heavy atom. The van der Waals surface area contributed by atoms with Gasteiger partial charge in [0.05, 0.1) is 6.54 Å². The first-order chi connectivity index (χ1) is 10.2. The molecule has 1 unspecified atom stereocenters. The predicted octanol–water partition coefficient (Wildman–Crippen LogP) is 4.67. The standard InChI is InChI=1S/C18H20BrNO/c1-14-9-10-15-5-2-3-8-18(15)20(14)11-12-21-17-7-4-6-16(19)13-17/h2-8,13-14H,9-12H2,1H3. The fourth-order valence-corrected chi connectivity index (χ4v) is 3.30. The smallest absolute Gasteiger partial charge is 0.120 e. The molecule has 0 saturated carbocycles. The van der Waals surface area contributed by atoms with Gasteiger partial charge in [-0.15, -0.1) is 0 Å². The minimum absolute atomic E-state index is 0.575. The van der Waals surface area contributed by atoms with Gasteiger partial charge in [-0.25, -0.2) is 0 Å². The van der Waals surface area contributed by atoms with Gasteiger partial charge >= 0.3 is 0 Å². The van der Waals surface area contributed by atoms with E-state index in [9.17, 15) is 0 Å². The van der Waals surface area contributed by atoms with Crippen molar-refractivity contribution in [2.45, 2.75) is 25.8 Å². The number of benzene rings is 2. The van der Waals surface area contributed by atoms with Gasteiger partial charge < -0.3 is 9.64 Å². The van der Waals surface area contributed by atoms with E-state index in [4.69, 9.17) is 4.74 Å². The highest BCUT2D eigenvalue weighted by Gasteiger charge is 2.22. The summed E-state index contributed by atoms with van der Waals surface area (Å²) in [6, 6.07) is 17.3. The summed E-state index contributed by atoms with van der Waals surface area (Å²) < 4.78 is 6.93. The largest absolute Gasteiger partial charge is 0.492 e. The second-order valence-corrected chi connectivity index (χ2v) is 6.43. The Morgan fingerprint density at radius 3 is 2.90 bits per heavy atom. The quantitative estimate of drug-likeness (QED) is 0.798. The number of halogens is 1. The molecule has 2 nitrogen and oxygen atoms in total. The van der Waals surface area contributed by atoms with Crippen LogP contribution in [0.4, 0.5) is 5.69 Å². The van der Waals surface area contributed by atoms with E-state index in [2.05, 4.69) is 52.0 Å². The lowest BCUT2D eigenvalue weighted by Crippen LogP contribution is -2.40. The highest BCUT2D eigenvalue weighted by molar-refractivity contribution is 9.10. The summed E-state index contributed by atoms with van der Waals surface area (Å²) in [5, 5.41) is 0. The number of hydrogen-bond donors (Lipinski definition) is 0. The summed E-state index contributed by atoms with van der Waals surface area (Å²) in [4.78, 5) is 2.47. The van der Waals surface area contributed by atoms with E-state index in [0.29, 0.717) is 12.6 Å². The maximum absolute atomic E-state index is 5.88. The van der Waals surface area contributed by atoms with Gasteiger partial charge in [-0.05, 0) is 49.6 Å². The van der Waals surface area contributed by atoms with Crippen LogP contribution in [0, 0.1) is 0 Å². The number of nitrogens with zero attached hydrogens (tertiary/aromatic N) is 1. The molecule has 21 heavy (non-hydrogen) atoms. The van der Waals surface area contributed by atoms with Crippen LogP contribution in [0.2, 0.25) is 0 Å². The zero-order chi connectivity index (χ0) is 14.7. The van der Waals surface area contributed by atoms with Crippen LogP contribution in [0.25, 0.3) is 0 Å². The van der Waals surface area contributed by atoms with Crippen LogP contribution in [-0.2, 0) is 6.42 Å². The van der Waals surface area contributed by atoms with E-state index in [1.807, 2.05) is 24.3 Å². The minimum atomic E-state index is 0.575. The number of rotatable bonds is 4. The molecule has 0 N–H and O–H groups in total. The van der Waals surface area contributed by atoms with Crippen molar-refractivity contribution in [1.29, 1.82) is 0 Å². The monoisotopic (exact) mass is 345 g/mol. The van der Waals surface area contributed by atoms with Crippen molar-refractivity contribution >= 4 is 21.6 Å². The molecule has 0 aromatic heterocycles. The molecular formula is C18H20BrNO. The summed E-state index contributed by atoms with van der Waals surface area (Å²) in [5.74, 6) is 0.919. The van der Waals surface area contributed by atoms with E-state index in [-0.39, 0.29) is 0 Å². The average Bonchev–Trinajstić information content (AvgIpc) is 2.50. The number of fused-ring (bicyclic) bond motifs is 1. The summed E-state index contributed by atoms with van der Waals surface area (Å²) in [6.07, 6.45) is 2.40. The van der Waals surface area contributed by atoms with Crippen LogP contribution in [0.3, 0.4) is 0 Å². The lowest BCUT2D eigenvalue weighted by molar-refractivity contribution is 0.317. The van der Waals surface area contributed by atoms with Crippen molar-refractivity contribution in [1.82, 2.24) is 0 Å². The molecule has 0 amide bonds. The van der Waals surface area contributed by atoms with Crippen molar-refractivity contribution in [3.8, 4) is 5.75 Å². The van der Waals surface area contributed by atoms with Gasteiger partial charge in [0.15, 0.2) is 0 Å². The van der Waals surface area contributed by atoms with E-state index in [1.165, 1.54) is 24.1 Å². The van der Waals surface area contributed by atoms with Gasteiger partial charge in [0, 0.05) is 16.2 Å². The zero-order valence-corrected chi connectivity index (χ0v) is 13.8. The Hall–Kier alpha value is -1.48. The third kappa shape index (κ3) is 3.41. The van der Waals surface area contributed by atoms with Crippen LogP contribution < -0.4 is 9.64 Å². The van der Waals surface area contributed by atoms with Crippen molar-refractivity contribution in [2.24, 2.45) is 0 Å². The van der Waals surface area contributed by atoms with E-state index in [1.54, 1.807) is 0 Å². The van der Waals surface area contributed by atoms with Gasteiger partial charge in [0.1, 0.15) is 12.4 Å². The Kier molecular flexibility index (Phi) is 4.49. The first-order valence-electron chi connectivity index (χ1n) is 7.47. The molecular weight excluding hydrogens is 326 g/mol. The van der Waals surface area contributed by atoms with Gasteiger partial charge in [-0.3, -0.25) is 0 Å². The first kappa shape index (κ1) is 14.5. The molecule has 1 heterocycles. The fourth-order valence-electron chi connectivity index (χ4n) is 2.92. The molecule has 1 aliphatic rings. The number of para-hydroxylation sites is 1. The summed E-state index contributed by atoms with van der Waals surface area (Å²) in [5.41, 5.74) is 2.83. The van der Waals surface area contributed by atoms with E-state index in [0.717, 1.165) is 16.8 Å². The molecule has 3 heteroatoms. The van der Waals surface area contributed by atoms with Gasteiger partial charge in [-0.1, -0.05) is 40.2 Å². The van der Waals surface area contributed by atoms with Gasteiger partial charge in [0.25, 0.3) is 0 Å². The second-order valence-electron chi connectivity index (χ2n) is 5.52. The Morgan fingerprint density at radius 1 is 1.19 bits per heavy atom. The molecule has 2 aromatic carbocycles. The molecule has 1 aliphatic heterocycles. The topological polar surface area (TPSA) is 12.5 Å². The third-order valence-corrected chi connectivity index (χ3v) is 4.55. The van der Waals surface area contributed by atoms with Crippen molar-refractivity contribution < 1.29 is 4.74 Å².